The Morgan fingerprint density at radius 3 is 2.62 bits per heavy atom. The number of nitrogens with two attached hydrogens (primary N) is 1. The van der Waals surface area contributed by atoms with E-state index in [9.17, 15) is 8.42 Å². The van der Waals surface area contributed by atoms with Gasteiger partial charge in [0.15, 0.2) is 0 Å². The molecule has 0 fully saturated rings. The SMILES string of the molecule is Cc1cccc(CS(=O)(=O)NCCN)c1.Cl. The lowest BCUT2D eigenvalue weighted by Gasteiger charge is -2.05. The van der Waals surface area contributed by atoms with E-state index >= 15 is 0 Å². The second kappa shape index (κ2) is 6.85. The van der Waals surface area contributed by atoms with Crippen molar-refractivity contribution in [2.45, 2.75) is 12.7 Å². The van der Waals surface area contributed by atoms with Crippen LogP contribution in [0.2, 0.25) is 0 Å². The number of nitrogens with one attached hydrogen (secondary N) is 1. The first-order chi connectivity index (χ1) is 7.03. The molecule has 0 saturated carbocycles. The Morgan fingerprint density at radius 2 is 2.06 bits per heavy atom. The summed E-state index contributed by atoms with van der Waals surface area (Å²) in [7, 11) is -3.24. The van der Waals surface area contributed by atoms with Gasteiger partial charge in [-0.05, 0) is 12.5 Å². The molecule has 16 heavy (non-hydrogen) atoms. The van der Waals surface area contributed by atoms with E-state index < -0.39 is 10.0 Å². The Hall–Kier alpha value is -0.620. The molecule has 1 rings (SSSR count). The number of benzene rings is 1. The summed E-state index contributed by atoms with van der Waals surface area (Å²) in [6.45, 7) is 2.53. The first kappa shape index (κ1) is 15.4. The van der Waals surface area contributed by atoms with Crippen LogP contribution in [0.1, 0.15) is 11.1 Å². The number of halogens is 1. The first-order valence-corrected chi connectivity index (χ1v) is 6.42. The molecular weight excluding hydrogens is 248 g/mol. The average Bonchev–Trinajstić information content (AvgIpc) is 2.14. The zero-order chi connectivity index (χ0) is 11.3. The molecule has 0 saturated heterocycles. The highest BCUT2D eigenvalue weighted by Gasteiger charge is 2.09. The van der Waals surface area contributed by atoms with Gasteiger partial charge in [-0.3, -0.25) is 0 Å². The first-order valence-electron chi connectivity index (χ1n) is 4.76. The van der Waals surface area contributed by atoms with Crippen molar-refractivity contribution in [1.29, 1.82) is 0 Å². The highest BCUT2D eigenvalue weighted by molar-refractivity contribution is 7.88. The monoisotopic (exact) mass is 264 g/mol. The van der Waals surface area contributed by atoms with Gasteiger partial charge in [-0.25, -0.2) is 13.1 Å². The molecule has 6 heteroatoms. The van der Waals surface area contributed by atoms with Crippen LogP contribution in [-0.4, -0.2) is 21.5 Å². The van der Waals surface area contributed by atoms with Gasteiger partial charge < -0.3 is 5.73 Å². The lowest BCUT2D eigenvalue weighted by molar-refractivity contribution is 0.581. The standard InChI is InChI=1S/C10H16N2O2S.ClH/c1-9-3-2-4-10(7-9)8-15(13,14)12-6-5-11;/h2-4,7,12H,5-6,8,11H2,1H3;1H. The fourth-order valence-electron chi connectivity index (χ4n) is 1.29. The highest BCUT2D eigenvalue weighted by Crippen LogP contribution is 2.07. The number of sulfonamides is 1. The second-order valence-corrected chi connectivity index (χ2v) is 5.24. The van der Waals surface area contributed by atoms with Crippen molar-refractivity contribution in [2.75, 3.05) is 13.1 Å². The van der Waals surface area contributed by atoms with E-state index in [0.717, 1.165) is 11.1 Å². The Labute approximate surface area is 103 Å². The van der Waals surface area contributed by atoms with E-state index in [2.05, 4.69) is 4.72 Å². The number of aryl methyl sites for hydroxylation is 1. The minimum atomic E-state index is -3.24. The van der Waals surface area contributed by atoms with Gasteiger partial charge in [0, 0.05) is 13.1 Å². The molecule has 1 aromatic rings. The maximum atomic E-state index is 11.5. The molecule has 0 spiro atoms. The van der Waals surface area contributed by atoms with Crippen molar-refractivity contribution in [3.8, 4) is 0 Å². The molecule has 3 N–H and O–H groups in total. The van der Waals surface area contributed by atoms with Gasteiger partial charge in [-0.2, -0.15) is 0 Å². The van der Waals surface area contributed by atoms with E-state index in [0.29, 0.717) is 6.54 Å². The average molecular weight is 265 g/mol. The van der Waals surface area contributed by atoms with Gasteiger partial charge in [0.05, 0.1) is 5.75 Å². The zero-order valence-corrected chi connectivity index (χ0v) is 10.8. The summed E-state index contributed by atoms with van der Waals surface area (Å²) in [6, 6.07) is 7.45. The van der Waals surface area contributed by atoms with Gasteiger partial charge in [-0.1, -0.05) is 29.8 Å². The Balaban J connectivity index is 0.00000225. The molecule has 0 aliphatic heterocycles. The van der Waals surface area contributed by atoms with Gasteiger partial charge in [-0.15, -0.1) is 12.4 Å². The normalized spacial score (nSPS) is 10.9. The van der Waals surface area contributed by atoms with E-state index in [-0.39, 0.29) is 24.7 Å². The van der Waals surface area contributed by atoms with Crippen molar-refractivity contribution in [3.63, 3.8) is 0 Å². The Kier molecular flexibility index (Phi) is 6.59. The van der Waals surface area contributed by atoms with Crippen LogP contribution < -0.4 is 10.5 Å². The van der Waals surface area contributed by atoms with Crippen LogP contribution in [0.4, 0.5) is 0 Å². The molecule has 1 aromatic carbocycles. The van der Waals surface area contributed by atoms with E-state index in [4.69, 9.17) is 5.73 Å². The second-order valence-electron chi connectivity index (χ2n) is 3.43. The molecule has 0 heterocycles. The lowest BCUT2D eigenvalue weighted by atomic mass is 10.2. The third-order valence-corrected chi connectivity index (χ3v) is 3.26. The molecule has 0 aliphatic carbocycles. The summed E-state index contributed by atoms with van der Waals surface area (Å²) in [5.41, 5.74) is 7.07. The summed E-state index contributed by atoms with van der Waals surface area (Å²) in [6.07, 6.45) is 0. The number of hydrogen-bond acceptors (Lipinski definition) is 3. The fourth-order valence-corrected chi connectivity index (χ4v) is 2.44. The third-order valence-electron chi connectivity index (χ3n) is 1.91. The summed E-state index contributed by atoms with van der Waals surface area (Å²) >= 11 is 0. The predicted molar refractivity (Wildman–Crippen MR) is 68.1 cm³/mol. The summed E-state index contributed by atoms with van der Waals surface area (Å²) in [5.74, 6) is 0.00861. The number of hydrogen-bond donors (Lipinski definition) is 2. The lowest BCUT2D eigenvalue weighted by Crippen LogP contribution is -2.30. The maximum absolute atomic E-state index is 11.5. The van der Waals surface area contributed by atoms with Gasteiger partial charge >= 0.3 is 0 Å². The minimum absolute atomic E-state index is 0. The largest absolute Gasteiger partial charge is 0.329 e. The molecule has 92 valence electrons. The minimum Gasteiger partial charge on any atom is -0.329 e. The fraction of sp³-hybridized carbons (Fsp3) is 0.400. The topological polar surface area (TPSA) is 72.2 Å². The zero-order valence-electron chi connectivity index (χ0n) is 9.14. The number of rotatable bonds is 5. The van der Waals surface area contributed by atoms with Crippen LogP contribution in [0, 0.1) is 6.92 Å². The highest BCUT2D eigenvalue weighted by atomic mass is 35.5. The molecule has 0 radical (unpaired) electrons. The Morgan fingerprint density at radius 1 is 1.38 bits per heavy atom. The van der Waals surface area contributed by atoms with Gasteiger partial charge in [0.25, 0.3) is 0 Å². The Bertz CT molecular complexity index is 421. The van der Waals surface area contributed by atoms with Crippen LogP contribution >= 0.6 is 12.4 Å². The molecular formula is C10H17ClN2O2S. The molecule has 0 aromatic heterocycles. The van der Waals surface area contributed by atoms with Crippen molar-refractivity contribution in [3.05, 3.63) is 35.4 Å². The third kappa shape index (κ3) is 5.46. The van der Waals surface area contributed by atoms with Crippen LogP contribution in [0.15, 0.2) is 24.3 Å². The molecule has 0 amide bonds. The predicted octanol–water partition coefficient (Wildman–Crippen LogP) is 0.795. The van der Waals surface area contributed by atoms with Crippen LogP contribution in [0.3, 0.4) is 0 Å². The van der Waals surface area contributed by atoms with Crippen LogP contribution in [0.5, 0.6) is 0 Å². The molecule has 0 atom stereocenters. The van der Waals surface area contributed by atoms with E-state index in [1.807, 2.05) is 25.1 Å². The summed E-state index contributed by atoms with van der Waals surface area (Å²) < 4.78 is 25.4. The van der Waals surface area contributed by atoms with Crippen LogP contribution in [-0.2, 0) is 15.8 Å². The van der Waals surface area contributed by atoms with Crippen molar-refractivity contribution in [1.82, 2.24) is 4.72 Å². The van der Waals surface area contributed by atoms with E-state index in [1.165, 1.54) is 0 Å². The molecule has 0 aliphatic rings. The quantitative estimate of drug-likeness (QED) is 0.826. The van der Waals surface area contributed by atoms with Crippen molar-refractivity contribution < 1.29 is 8.42 Å². The van der Waals surface area contributed by atoms with Gasteiger partial charge in [0.1, 0.15) is 0 Å². The molecule has 0 unspecified atom stereocenters. The summed E-state index contributed by atoms with van der Waals surface area (Å²) in [4.78, 5) is 0. The van der Waals surface area contributed by atoms with Crippen molar-refractivity contribution in [2.24, 2.45) is 5.73 Å². The van der Waals surface area contributed by atoms with E-state index in [1.54, 1.807) is 6.07 Å². The van der Waals surface area contributed by atoms with Crippen molar-refractivity contribution >= 4 is 22.4 Å². The maximum Gasteiger partial charge on any atom is 0.215 e. The smallest absolute Gasteiger partial charge is 0.215 e. The summed E-state index contributed by atoms with van der Waals surface area (Å²) in [5, 5.41) is 0. The van der Waals surface area contributed by atoms with Crippen LogP contribution in [0.25, 0.3) is 0 Å². The molecule has 0 bridgehead atoms. The van der Waals surface area contributed by atoms with Gasteiger partial charge in [0.2, 0.25) is 10.0 Å². The molecule has 4 nitrogen and oxygen atoms in total.